The van der Waals surface area contributed by atoms with E-state index in [4.69, 9.17) is 14.2 Å². The first-order valence-electron chi connectivity index (χ1n) is 5.22. The Balaban J connectivity index is 3.47. The third kappa shape index (κ3) is 8.15. The molecule has 0 heterocycles. The molecule has 0 N–H and O–H groups in total. The van der Waals surface area contributed by atoms with Gasteiger partial charge < -0.3 is 14.2 Å². The summed E-state index contributed by atoms with van der Waals surface area (Å²) < 4.78 is 15.1. The average molecular weight is 216 g/mol. The van der Waals surface area contributed by atoms with Gasteiger partial charge in [0.25, 0.3) is 0 Å². The van der Waals surface area contributed by atoms with Gasteiger partial charge in [0.05, 0.1) is 13.2 Å². The molecule has 0 fully saturated rings. The molecular formula is C11H20O4. The van der Waals surface area contributed by atoms with Gasteiger partial charge in [-0.1, -0.05) is 6.58 Å². The van der Waals surface area contributed by atoms with Crippen molar-refractivity contribution in [2.45, 2.75) is 20.3 Å². The third-order valence-electron chi connectivity index (χ3n) is 1.71. The van der Waals surface area contributed by atoms with E-state index in [-0.39, 0.29) is 12.6 Å². The van der Waals surface area contributed by atoms with Crippen LogP contribution < -0.4 is 0 Å². The molecule has 15 heavy (non-hydrogen) atoms. The van der Waals surface area contributed by atoms with Crippen LogP contribution in [-0.4, -0.2) is 39.0 Å². The lowest BCUT2D eigenvalue weighted by Crippen LogP contribution is -2.13. The summed E-state index contributed by atoms with van der Waals surface area (Å²) in [5.41, 5.74) is 0.444. The zero-order valence-electron chi connectivity index (χ0n) is 9.58. The molecule has 0 aliphatic heterocycles. The molecule has 4 heteroatoms. The van der Waals surface area contributed by atoms with Gasteiger partial charge in [0, 0.05) is 25.2 Å². The van der Waals surface area contributed by atoms with Gasteiger partial charge in [-0.05, 0) is 13.8 Å². The summed E-state index contributed by atoms with van der Waals surface area (Å²) in [4.78, 5) is 11.3. The molecule has 0 saturated heterocycles. The van der Waals surface area contributed by atoms with Gasteiger partial charge >= 0.3 is 5.97 Å². The lowest BCUT2D eigenvalue weighted by Gasteiger charge is -2.07. The molecule has 0 spiro atoms. The quantitative estimate of drug-likeness (QED) is 0.333. The van der Waals surface area contributed by atoms with Crippen LogP contribution in [0, 0.1) is 0 Å². The Morgan fingerprint density at radius 2 is 1.67 bits per heavy atom. The Labute approximate surface area is 91.2 Å². The van der Waals surface area contributed by atoms with Gasteiger partial charge in [-0.3, -0.25) is 0 Å². The zero-order chi connectivity index (χ0) is 11.5. The van der Waals surface area contributed by atoms with Crippen LogP contribution in [0.5, 0.6) is 0 Å². The first-order chi connectivity index (χ1) is 7.22. The molecule has 4 nitrogen and oxygen atoms in total. The SMILES string of the molecule is C=C(CCOCC)C(=O)OCCOCC. The van der Waals surface area contributed by atoms with E-state index in [0.717, 1.165) is 0 Å². The van der Waals surface area contributed by atoms with Crippen molar-refractivity contribution in [1.29, 1.82) is 0 Å². The van der Waals surface area contributed by atoms with Crippen LogP contribution in [0.25, 0.3) is 0 Å². The molecular weight excluding hydrogens is 196 g/mol. The molecule has 88 valence electrons. The van der Waals surface area contributed by atoms with Crippen LogP contribution in [0.4, 0.5) is 0 Å². The van der Waals surface area contributed by atoms with Crippen LogP contribution >= 0.6 is 0 Å². The first kappa shape index (κ1) is 14.1. The maximum absolute atomic E-state index is 11.3. The van der Waals surface area contributed by atoms with E-state index < -0.39 is 0 Å². The molecule has 0 unspecified atom stereocenters. The summed E-state index contributed by atoms with van der Waals surface area (Å²) in [6, 6.07) is 0. The van der Waals surface area contributed by atoms with Gasteiger partial charge in [-0.15, -0.1) is 0 Å². The fourth-order valence-corrected chi connectivity index (χ4v) is 0.881. The summed E-state index contributed by atoms with van der Waals surface area (Å²) in [6.45, 7) is 9.92. The number of hydrogen-bond donors (Lipinski definition) is 0. The van der Waals surface area contributed by atoms with Crippen molar-refractivity contribution in [2.75, 3.05) is 33.0 Å². The third-order valence-corrected chi connectivity index (χ3v) is 1.71. The van der Waals surface area contributed by atoms with E-state index in [9.17, 15) is 4.79 Å². The van der Waals surface area contributed by atoms with Crippen molar-refractivity contribution >= 4 is 5.97 Å². The standard InChI is InChI=1S/C11H20O4/c1-4-13-7-6-10(3)11(12)15-9-8-14-5-2/h3-9H2,1-2H3. The fourth-order valence-electron chi connectivity index (χ4n) is 0.881. The van der Waals surface area contributed by atoms with Gasteiger partial charge in [0.1, 0.15) is 6.61 Å². The molecule has 0 saturated carbocycles. The van der Waals surface area contributed by atoms with Gasteiger partial charge in [0.15, 0.2) is 0 Å². The molecule has 0 rings (SSSR count). The fraction of sp³-hybridized carbons (Fsp3) is 0.727. The second kappa shape index (κ2) is 9.68. The Bertz CT molecular complexity index is 189. The largest absolute Gasteiger partial charge is 0.460 e. The average Bonchev–Trinajstić information content (AvgIpc) is 2.24. The van der Waals surface area contributed by atoms with Crippen LogP contribution in [0.2, 0.25) is 0 Å². The monoisotopic (exact) mass is 216 g/mol. The maximum atomic E-state index is 11.3. The summed E-state index contributed by atoms with van der Waals surface area (Å²) in [7, 11) is 0. The highest BCUT2D eigenvalue weighted by molar-refractivity contribution is 5.87. The summed E-state index contributed by atoms with van der Waals surface area (Å²) in [6.07, 6.45) is 0.515. The van der Waals surface area contributed by atoms with Crippen molar-refractivity contribution in [3.05, 3.63) is 12.2 Å². The second-order valence-electron chi connectivity index (χ2n) is 2.88. The Morgan fingerprint density at radius 1 is 1.07 bits per heavy atom. The molecule has 0 aromatic heterocycles. The molecule has 0 aliphatic rings. The van der Waals surface area contributed by atoms with E-state index in [1.165, 1.54) is 0 Å². The van der Waals surface area contributed by atoms with E-state index in [0.29, 0.717) is 38.4 Å². The van der Waals surface area contributed by atoms with Crippen LogP contribution in [0.15, 0.2) is 12.2 Å². The van der Waals surface area contributed by atoms with E-state index in [2.05, 4.69) is 6.58 Å². The summed E-state index contributed by atoms with van der Waals surface area (Å²) in [5, 5.41) is 0. The predicted molar refractivity (Wildman–Crippen MR) is 57.7 cm³/mol. The molecule has 0 atom stereocenters. The minimum Gasteiger partial charge on any atom is -0.460 e. The Kier molecular flexibility index (Phi) is 9.11. The Morgan fingerprint density at radius 3 is 2.27 bits per heavy atom. The number of ether oxygens (including phenoxy) is 3. The molecule has 0 aromatic carbocycles. The van der Waals surface area contributed by atoms with E-state index >= 15 is 0 Å². The predicted octanol–water partition coefficient (Wildman–Crippen LogP) is 1.55. The number of carbonyl (C=O) groups excluding carboxylic acids is 1. The molecule has 0 aromatic rings. The first-order valence-corrected chi connectivity index (χ1v) is 5.22. The molecule has 0 radical (unpaired) electrons. The van der Waals surface area contributed by atoms with Crippen LogP contribution in [0.3, 0.4) is 0 Å². The Hall–Kier alpha value is -0.870. The van der Waals surface area contributed by atoms with Crippen LogP contribution in [-0.2, 0) is 19.0 Å². The van der Waals surface area contributed by atoms with E-state index in [1.807, 2.05) is 13.8 Å². The van der Waals surface area contributed by atoms with Crippen molar-refractivity contribution in [1.82, 2.24) is 0 Å². The lowest BCUT2D eigenvalue weighted by molar-refractivity contribution is -0.140. The minimum absolute atomic E-state index is 0.278. The number of rotatable bonds is 9. The normalized spacial score (nSPS) is 10.0. The summed E-state index contributed by atoms with van der Waals surface area (Å²) >= 11 is 0. The highest BCUT2D eigenvalue weighted by Crippen LogP contribution is 2.01. The smallest absolute Gasteiger partial charge is 0.333 e. The number of carbonyl (C=O) groups is 1. The van der Waals surface area contributed by atoms with Crippen LogP contribution in [0.1, 0.15) is 20.3 Å². The summed E-state index contributed by atoms with van der Waals surface area (Å²) in [5.74, 6) is -0.366. The molecule has 0 bridgehead atoms. The molecule has 0 amide bonds. The van der Waals surface area contributed by atoms with Crippen molar-refractivity contribution in [3.63, 3.8) is 0 Å². The zero-order valence-corrected chi connectivity index (χ0v) is 9.58. The highest BCUT2D eigenvalue weighted by Gasteiger charge is 2.07. The van der Waals surface area contributed by atoms with Crippen molar-refractivity contribution in [2.24, 2.45) is 0 Å². The van der Waals surface area contributed by atoms with Gasteiger partial charge in [-0.2, -0.15) is 0 Å². The van der Waals surface area contributed by atoms with E-state index in [1.54, 1.807) is 0 Å². The maximum Gasteiger partial charge on any atom is 0.333 e. The van der Waals surface area contributed by atoms with Gasteiger partial charge in [0.2, 0.25) is 0 Å². The highest BCUT2D eigenvalue weighted by atomic mass is 16.6. The topological polar surface area (TPSA) is 44.8 Å². The lowest BCUT2D eigenvalue weighted by atomic mass is 10.2. The number of hydrogen-bond acceptors (Lipinski definition) is 4. The van der Waals surface area contributed by atoms with Crippen molar-refractivity contribution < 1.29 is 19.0 Å². The molecule has 0 aliphatic carbocycles. The van der Waals surface area contributed by atoms with Crippen molar-refractivity contribution in [3.8, 4) is 0 Å². The van der Waals surface area contributed by atoms with Gasteiger partial charge in [-0.25, -0.2) is 4.79 Å². The number of esters is 1. The minimum atomic E-state index is -0.366. The second-order valence-corrected chi connectivity index (χ2v) is 2.88.